The van der Waals surface area contributed by atoms with E-state index in [4.69, 9.17) is 10.3 Å². The van der Waals surface area contributed by atoms with Crippen molar-refractivity contribution in [1.29, 1.82) is 0 Å². The highest BCUT2D eigenvalue weighted by Crippen LogP contribution is 2.34. The fourth-order valence-corrected chi connectivity index (χ4v) is 2.23. The Balaban J connectivity index is 2.16. The van der Waals surface area contributed by atoms with Gasteiger partial charge in [0.05, 0.1) is 11.3 Å². The van der Waals surface area contributed by atoms with E-state index in [2.05, 4.69) is 32.7 Å². The Labute approximate surface area is 123 Å². The summed E-state index contributed by atoms with van der Waals surface area (Å²) in [6.45, 7) is 0. The second-order valence-corrected chi connectivity index (χ2v) is 5.24. The van der Waals surface area contributed by atoms with Crippen molar-refractivity contribution in [2.75, 3.05) is 5.73 Å². The molecule has 4 nitrogen and oxygen atoms in total. The maximum atomic E-state index is 5.87. The van der Waals surface area contributed by atoms with Gasteiger partial charge in [-0.2, -0.15) is 0 Å². The molecule has 1 aromatic carbocycles. The minimum Gasteiger partial charge on any atom is -0.367 e. The van der Waals surface area contributed by atoms with Crippen LogP contribution in [0.1, 0.15) is 0 Å². The van der Waals surface area contributed by atoms with Crippen molar-refractivity contribution in [2.45, 2.75) is 0 Å². The lowest BCUT2D eigenvalue weighted by Gasteiger charge is -2.02. The molecule has 0 bridgehead atoms. The average Bonchev–Trinajstić information content (AvgIpc) is 2.82. The van der Waals surface area contributed by atoms with Crippen molar-refractivity contribution < 1.29 is 4.52 Å². The molecule has 0 aliphatic rings. The molecule has 2 aromatic heterocycles. The first-order valence-corrected chi connectivity index (χ1v) is 6.76. The largest absolute Gasteiger partial charge is 0.367 e. The van der Waals surface area contributed by atoms with E-state index in [-0.39, 0.29) is 5.88 Å². The van der Waals surface area contributed by atoms with Gasteiger partial charge in [0, 0.05) is 15.3 Å². The SMILES string of the molecule is Nc1onc(-c2ccc(I)cc2)c1-c1ccccn1. The van der Waals surface area contributed by atoms with Crippen LogP contribution in [0.5, 0.6) is 0 Å². The summed E-state index contributed by atoms with van der Waals surface area (Å²) in [5.74, 6) is 0.284. The third kappa shape index (κ3) is 2.33. The molecule has 19 heavy (non-hydrogen) atoms. The smallest absolute Gasteiger partial charge is 0.232 e. The fourth-order valence-electron chi connectivity index (χ4n) is 1.87. The van der Waals surface area contributed by atoms with Gasteiger partial charge < -0.3 is 10.3 Å². The molecule has 0 fully saturated rings. The van der Waals surface area contributed by atoms with Crippen LogP contribution in [-0.4, -0.2) is 10.1 Å². The Kier molecular flexibility index (Phi) is 3.20. The van der Waals surface area contributed by atoms with Crippen LogP contribution in [0.4, 0.5) is 5.88 Å². The van der Waals surface area contributed by atoms with Crippen molar-refractivity contribution in [2.24, 2.45) is 0 Å². The molecule has 5 heteroatoms. The first-order chi connectivity index (χ1) is 9.25. The van der Waals surface area contributed by atoms with Crippen molar-refractivity contribution >= 4 is 28.5 Å². The number of halogens is 1. The average molecular weight is 363 g/mol. The first-order valence-electron chi connectivity index (χ1n) is 5.68. The Morgan fingerprint density at radius 3 is 2.53 bits per heavy atom. The van der Waals surface area contributed by atoms with Crippen molar-refractivity contribution in [3.63, 3.8) is 0 Å². The molecule has 0 unspecified atom stereocenters. The number of anilines is 1. The van der Waals surface area contributed by atoms with Gasteiger partial charge in [0.15, 0.2) is 0 Å². The Morgan fingerprint density at radius 2 is 1.84 bits per heavy atom. The Bertz CT molecular complexity index is 692. The Morgan fingerprint density at radius 1 is 1.05 bits per heavy atom. The normalized spacial score (nSPS) is 10.6. The van der Waals surface area contributed by atoms with E-state index in [1.165, 1.54) is 0 Å². The summed E-state index contributed by atoms with van der Waals surface area (Å²) in [5.41, 5.74) is 9.04. The van der Waals surface area contributed by atoms with E-state index in [9.17, 15) is 0 Å². The van der Waals surface area contributed by atoms with Gasteiger partial charge in [-0.25, -0.2) is 0 Å². The standard InChI is InChI=1S/C14H10IN3O/c15-10-6-4-9(5-7-10)13-12(14(16)19-18-13)11-3-1-2-8-17-11/h1-8H,16H2. The number of nitrogen functional groups attached to an aromatic ring is 1. The number of nitrogens with two attached hydrogens (primary N) is 1. The number of nitrogens with zero attached hydrogens (tertiary/aromatic N) is 2. The van der Waals surface area contributed by atoms with Gasteiger partial charge >= 0.3 is 0 Å². The number of pyridine rings is 1. The molecular formula is C14H10IN3O. The summed E-state index contributed by atoms with van der Waals surface area (Å²) in [6, 6.07) is 13.7. The number of hydrogen-bond donors (Lipinski definition) is 1. The zero-order valence-corrected chi connectivity index (χ0v) is 12.0. The Hall–Kier alpha value is -1.89. The van der Waals surface area contributed by atoms with Crippen LogP contribution in [0, 0.1) is 3.57 Å². The van der Waals surface area contributed by atoms with E-state index >= 15 is 0 Å². The van der Waals surface area contributed by atoms with Crippen molar-refractivity contribution in [3.05, 3.63) is 52.2 Å². The molecule has 0 aliphatic carbocycles. The molecule has 0 atom stereocenters. The van der Waals surface area contributed by atoms with E-state index in [0.717, 1.165) is 20.4 Å². The van der Waals surface area contributed by atoms with Crippen LogP contribution < -0.4 is 5.73 Å². The molecule has 0 spiro atoms. The van der Waals surface area contributed by atoms with Gasteiger partial charge in [-0.15, -0.1) is 0 Å². The highest BCUT2D eigenvalue weighted by molar-refractivity contribution is 14.1. The molecule has 0 radical (unpaired) electrons. The van der Waals surface area contributed by atoms with E-state index in [0.29, 0.717) is 5.69 Å². The van der Waals surface area contributed by atoms with Gasteiger partial charge in [-0.05, 0) is 46.9 Å². The predicted molar refractivity (Wildman–Crippen MR) is 82.3 cm³/mol. The van der Waals surface area contributed by atoms with Gasteiger partial charge in [0.1, 0.15) is 5.69 Å². The van der Waals surface area contributed by atoms with Crippen LogP contribution in [0.2, 0.25) is 0 Å². The first kappa shape index (κ1) is 12.2. The highest BCUT2D eigenvalue weighted by atomic mass is 127. The monoisotopic (exact) mass is 363 g/mol. The minimum absolute atomic E-state index is 0.284. The summed E-state index contributed by atoms with van der Waals surface area (Å²) in [5, 5.41) is 4.05. The molecule has 3 aromatic rings. The molecule has 0 aliphatic heterocycles. The lowest BCUT2D eigenvalue weighted by Crippen LogP contribution is -1.89. The summed E-state index contributed by atoms with van der Waals surface area (Å²) >= 11 is 2.26. The zero-order chi connectivity index (χ0) is 13.2. The summed E-state index contributed by atoms with van der Waals surface area (Å²) in [6.07, 6.45) is 1.72. The number of benzene rings is 1. The maximum absolute atomic E-state index is 5.87. The van der Waals surface area contributed by atoms with Crippen molar-refractivity contribution in [1.82, 2.24) is 10.1 Å². The second kappa shape index (κ2) is 5.00. The number of rotatable bonds is 2. The molecule has 3 rings (SSSR count). The molecule has 0 saturated heterocycles. The molecule has 2 heterocycles. The zero-order valence-electron chi connectivity index (χ0n) is 9.88. The predicted octanol–water partition coefficient (Wildman–Crippen LogP) is 3.59. The summed E-state index contributed by atoms with van der Waals surface area (Å²) < 4.78 is 6.28. The molecule has 0 amide bonds. The van der Waals surface area contributed by atoms with Gasteiger partial charge in [0.2, 0.25) is 5.88 Å². The van der Waals surface area contributed by atoms with Crippen LogP contribution in [0.25, 0.3) is 22.5 Å². The molecule has 0 saturated carbocycles. The van der Waals surface area contributed by atoms with Crippen LogP contribution in [-0.2, 0) is 0 Å². The fraction of sp³-hybridized carbons (Fsp3) is 0. The van der Waals surface area contributed by atoms with Crippen LogP contribution >= 0.6 is 22.6 Å². The topological polar surface area (TPSA) is 64.9 Å². The van der Waals surface area contributed by atoms with Crippen LogP contribution in [0.3, 0.4) is 0 Å². The second-order valence-electron chi connectivity index (χ2n) is 3.99. The number of hydrogen-bond acceptors (Lipinski definition) is 4. The summed E-state index contributed by atoms with van der Waals surface area (Å²) in [4.78, 5) is 4.30. The van der Waals surface area contributed by atoms with Crippen LogP contribution in [0.15, 0.2) is 53.2 Å². The van der Waals surface area contributed by atoms with E-state index in [1.54, 1.807) is 6.20 Å². The van der Waals surface area contributed by atoms with E-state index in [1.807, 2.05) is 42.5 Å². The van der Waals surface area contributed by atoms with Crippen molar-refractivity contribution in [3.8, 4) is 22.5 Å². The summed E-state index contributed by atoms with van der Waals surface area (Å²) in [7, 11) is 0. The lowest BCUT2D eigenvalue weighted by molar-refractivity contribution is 0.439. The quantitative estimate of drug-likeness (QED) is 0.707. The minimum atomic E-state index is 0.284. The third-order valence-electron chi connectivity index (χ3n) is 2.76. The van der Waals surface area contributed by atoms with E-state index < -0.39 is 0 Å². The van der Waals surface area contributed by atoms with Gasteiger partial charge in [-0.3, -0.25) is 4.98 Å². The highest BCUT2D eigenvalue weighted by Gasteiger charge is 2.17. The number of aromatic nitrogens is 2. The molecular weight excluding hydrogens is 353 g/mol. The van der Waals surface area contributed by atoms with Gasteiger partial charge in [0.25, 0.3) is 0 Å². The molecule has 94 valence electrons. The third-order valence-corrected chi connectivity index (χ3v) is 3.48. The lowest BCUT2D eigenvalue weighted by atomic mass is 10.0. The van der Waals surface area contributed by atoms with Gasteiger partial charge in [-0.1, -0.05) is 23.4 Å². The maximum Gasteiger partial charge on any atom is 0.232 e. The molecule has 2 N–H and O–H groups in total.